The molecular formula is C18H17N5OS. The average Bonchev–Trinajstić information content (AvgIpc) is 3.28. The monoisotopic (exact) mass is 351 g/mol. The van der Waals surface area contributed by atoms with Crippen LogP contribution in [0.4, 0.5) is 11.5 Å². The van der Waals surface area contributed by atoms with Gasteiger partial charge >= 0.3 is 0 Å². The fourth-order valence-corrected chi connectivity index (χ4v) is 3.61. The van der Waals surface area contributed by atoms with Crippen molar-refractivity contribution in [3.05, 3.63) is 48.0 Å². The lowest BCUT2D eigenvalue weighted by molar-refractivity contribution is 0.342. The van der Waals surface area contributed by atoms with Crippen molar-refractivity contribution in [3.8, 4) is 17.0 Å². The maximum absolute atomic E-state index is 5.83. The molecule has 0 aliphatic heterocycles. The summed E-state index contributed by atoms with van der Waals surface area (Å²) in [7, 11) is 0. The highest BCUT2D eigenvalue weighted by molar-refractivity contribution is 7.17. The molecule has 3 heterocycles. The van der Waals surface area contributed by atoms with Gasteiger partial charge in [0.1, 0.15) is 22.7 Å². The van der Waals surface area contributed by atoms with Gasteiger partial charge in [0.05, 0.1) is 35.9 Å². The molecule has 0 unspecified atom stereocenters. The van der Waals surface area contributed by atoms with Crippen molar-refractivity contribution in [3.63, 3.8) is 0 Å². The van der Waals surface area contributed by atoms with Crippen LogP contribution < -0.4 is 10.1 Å². The van der Waals surface area contributed by atoms with E-state index < -0.39 is 0 Å². The van der Waals surface area contributed by atoms with E-state index in [2.05, 4.69) is 37.6 Å². The number of thiophene rings is 1. The molecule has 0 aliphatic carbocycles. The number of rotatable bonds is 5. The zero-order chi connectivity index (χ0) is 17.2. The number of benzene rings is 1. The Kier molecular flexibility index (Phi) is 4.07. The van der Waals surface area contributed by atoms with Crippen molar-refractivity contribution in [2.75, 3.05) is 11.9 Å². The van der Waals surface area contributed by atoms with Crippen molar-refractivity contribution in [1.29, 1.82) is 0 Å². The lowest BCUT2D eigenvalue weighted by Gasteiger charge is -2.14. The fourth-order valence-electron chi connectivity index (χ4n) is 2.72. The van der Waals surface area contributed by atoms with Crippen molar-refractivity contribution < 1.29 is 4.74 Å². The molecular weight excluding hydrogens is 334 g/mol. The van der Waals surface area contributed by atoms with Crippen LogP contribution in [0.15, 0.2) is 42.4 Å². The number of ether oxygens (including phenoxy) is 1. The Bertz CT molecular complexity index is 1010. The molecule has 0 radical (unpaired) electrons. The van der Waals surface area contributed by atoms with Crippen LogP contribution in [0, 0.1) is 6.92 Å². The topological polar surface area (TPSA) is 75.7 Å². The molecule has 0 saturated heterocycles. The second-order valence-corrected chi connectivity index (χ2v) is 6.41. The number of hydrogen-bond acceptors (Lipinski definition) is 6. The smallest absolute Gasteiger partial charge is 0.143 e. The maximum atomic E-state index is 5.83. The number of H-pyrrole nitrogens is 1. The number of aryl methyl sites for hydroxylation is 1. The quantitative estimate of drug-likeness (QED) is 0.552. The highest BCUT2D eigenvalue weighted by atomic mass is 32.1. The van der Waals surface area contributed by atoms with Crippen LogP contribution in [0.2, 0.25) is 0 Å². The maximum Gasteiger partial charge on any atom is 0.143 e. The molecule has 126 valence electrons. The Morgan fingerprint density at radius 2 is 2.20 bits per heavy atom. The summed E-state index contributed by atoms with van der Waals surface area (Å²) < 4.78 is 5.83. The van der Waals surface area contributed by atoms with Gasteiger partial charge in [-0.25, -0.2) is 15.0 Å². The Labute approximate surface area is 148 Å². The Balaban J connectivity index is 1.75. The molecule has 0 atom stereocenters. The van der Waals surface area contributed by atoms with Crippen molar-refractivity contribution in [2.45, 2.75) is 13.8 Å². The van der Waals surface area contributed by atoms with Gasteiger partial charge in [-0.15, -0.1) is 11.3 Å². The Morgan fingerprint density at radius 1 is 1.28 bits per heavy atom. The minimum atomic E-state index is 0.581. The SMILES string of the molecule is CCOc1cc(-c2cnc[nH]2)ccc1Nc1ncnc2scc(C)c12. The van der Waals surface area contributed by atoms with Gasteiger partial charge in [0.15, 0.2) is 0 Å². The third-order valence-corrected chi connectivity index (χ3v) is 4.90. The van der Waals surface area contributed by atoms with Crippen molar-refractivity contribution in [1.82, 2.24) is 19.9 Å². The van der Waals surface area contributed by atoms with E-state index in [1.807, 2.05) is 25.1 Å². The summed E-state index contributed by atoms with van der Waals surface area (Å²) in [4.78, 5) is 16.9. The van der Waals surface area contributed by atoms with E-state index in [-0.39, 0.29) is 0 Å². The Hall–Kier alpha value is -2.93. The molecule has 7 heteroatoms. The molecule has 25 heavy (non-hydrogen) atoms. The summed E-state index contributed by atoms with van der Waals surface area (Å²) in [6.07, 6.45) is 5.04. The first-order valence-corrected chi connectivity index (χ1v) is 8.85. The molecule has 6 nitrogen and oxygen atoms in total. The molecule has 1 aromatic carbocycles. The fraction of sp³-hybridized carbons (Fsp3) is 0.167. The summed E-state index contributed by atoms with van der Waals surface area (Å²) in [5.74, 6) is 1.56. The van der Waals surface area contributed by atoms with Crippen LogP contribution in [0.3, 0.4) is 0 Å². The molecule has 0 spiro atoms. The van der Waals surface area contributed by atoms with Crippen LogP contribution in [0.25, 0.3) is 21.5 Å². The minimum Gasteiger partial charge on any atom is -0.492 e. The van der Waals surface area contributed by atoms with Gasteiger partial charge in [0.2, 0.25) is 0 Å². The summed E-state index contributed by atoms with van der Waals surface area (Å²) in [5.41, 5.74) is 4.00. The second-order valence-electron chi connectivity index (χ2n) is 5.56. The van der Waals surface area contributed by atoms with Gasteiger partial charge in [-0.2, -0.15) is 0 Å². The molecule has 3 aromatic heterocycles. The first-order valence-electron chi connectivity index (χ1n) is 7.97. The number of aromatic amines is 1. The number of imidazole rings is 1. The highest BCUT2D eigenvalue weighted by Crippen LogP contribution is 2.35. The molecule has 2 N–H and O–H groups in total. The minimum absolute atomic E-state index is 0.581. The predicted molar refractivity (Wildman–Crippen MR) is 101 cm³/mol. The number of anilines is 2. The summed E-state index contributed by atoms with van der Waals surface area (Å²) in [5, 5.41) is 6.55. The van der Waals surface area contributed by atoms with E-state index in [1.165, 1.54) is 0 Å². The summed E-state index contributed by atoms with van der Waals surface area (Å²) in [6.45, 7) is 4.62. The number of aromatic nitrogens is 4. The molecule has 0 bridgehead atoms. The molecule has 0 fully saturated rings. The van der Waals surface area contributed by atoms with Crippen LogP contribution in [-0.4, -0.2) is 26.5 Å². The van der Waals surface area contributed by atoms with Gasteiger partial charge in [-0.05, 0) is 36.9 Å². The number of nitrogens with one attached hydrogen (secondary N) is 2. The molecule has 0 aliphatic rings. The van der Waals surface area contributed by atoms with Gasteiger partial charge < -0.3 is 15.0 Å². The standard InChI is InChI=1S/C18H17N5OS/c1-3-24-15-6-12(14-7-19-9-20-14)4-5-13(15)23-17-16-11(2)8-25-18(16)22-10-21-17/h4-10H,3H2,1-2H3,(H,19,20)(H,21,22,23). The normalized spacial score (nSPS) is 11.0. The summed E-state index contributed by atoms with van der Waals surface area (Å²) >= 11 is 1.62. The van der Waals surface area contributed by atoms with E-state index in [0.29, 0.717) is 6.61 Å². The highest BCUT2D eigenvalue weighted by Gasteiger charge is 2.12. The largest absolute Gasteiger partial charge is 0.492 e. The van der Waals surface area contributed by atoms with Gasteiger partial charge in [0.25, 0.3) is 0 Å². The second kappa shape index (κ2) is 6.52. The third-order valence-electron chi connectivity index (χ3n) is 3.90. The first-order chi connectivity index (χ1) is 12.3. The van der Waals surface area contributed by atoms with E-state index in [1.54, 1.807) is 30.2 Å². The van der Waals surface area contributed by atoms with E-state index in [9.17, 15) is 0 Å². The van der Waals surface area contributed by atoms with Crippen molar-refractivity contribution in [2.24, 2.45) is 0 Å². The molecule has 0 amide bonds. The lowest BCUT2D eigenvalue weighted by atomic mass is 10.1. The zero-order valence-electron chi connectivity index (χ0n) is 13.9. The van der Waals surface area contributed by atoms with Crippen LogP contribution in [0.1, 0.15) is 12.5 Å². The summed E-state index contributed by atoms with van der Waals surface area (Å²) in [6, 6.07) is 6.02. The van der Waals surface area contributed by atoms with E-state index in [4.69, 9.17) is 4.74 Å². The Morgan fingerprint density at radius 3 is 3.00 bits per heavy atom. The van der Waals surface area contributed by atoms with Gasteiger partial charge in [-0.3, -0.25) is 0 Å². The molecule has 4 aromatic rings. The van der Waals surface area contributed by atoms with Crippen molar-refractivity contribution >= 4 is 33.1 Å². The third kappa shape index (κ3) is 2.94. The lowest BCUT2D eigenvalue weighted by Crippen LogP contribution is -2.00. The number of fused-ring (bicyclic) bond motifs is 1. The average molecular weight is 351 g/mol. The first kappa shape index (κ1) is 15.6. The number of nitrogens with zero attached hydrogens (tertiary/aromatic N) is 3. The van der Waals surface area contributed by atoms with E-state index in [0.717, 1.165) is 44.3 Å². The van der Waals surface area contributed by atoms with Gasteiger partial charge in [-0.1, -0.05) is 6.07 Å². The van der Waals surface area contributed by atoms with Crippen LogP contribution in [-0.2, 0) is 0 Å². The number of hydrogen-bond donors (Lipinski definition) is 2. The predicted octanol–water partition coefficient (Wildman–Crippen LogP) is 4.53. The molecule has 4 rings (SSSR count). The van der Waals surface area contributed by atoms with Crippen LogP contribution in [0.5, 0.6) is 5.75 Å². The zero-order valence-corrected chi connectivity index (χ0v) is 14.7. The van der Waals surface area contributed by atoms with Gasteiger partial charge in [0, 0.05) is 5.56 Å². The van der Waals surface area contributed by atoms with E-state index >= 15 is 0 Å². The van der Waals surface area contributed by atoms with Crippen LogP contribution >= 0.6 is 11.3 Å². The molecule has 0 saturated carbocycles.